The molecule has 0 fully saturated rings. The molecule has 10 nitrogen and oxygen atoms in total. The van der Waals surface area contributed by atoms with Crippen LogP contribution < -0.4 is 0 Å². The van der Waals surface area contributed by atoms with E-state index in [1.54, 1.807) is 45.9 Å². The molecular weight excluding hydrogens is 464 g/mol. The number of aryl methyl sites for hydroxylation is 2. The Morgan fingerprint density at radius 2 is 1.58 bits per heavy atom. The van der Waals surface area contributed by atoms with Gasteiger partial charge in [0.2, 0.25) is 0 Å². The van der Waals surface area contributed by atoms with E-state index in [0.717, 1.165) is 17.0 Å². The smallest absolute Gasteiger partial charge is 0.336 e. The Bertz CT molecular complexity index is 1180. The van der Waals surface area contributed by atoms with Crippen molar-refractivity contribution in [3.63, 3.8) is 0 Å². The van der Waals surface area contributed by atoms with E-state index in [-0.39, 0.29) is 35.6 Å². The van der Waals surface area contributed by atoms with E-state index in [0.29, 0.717) is 24.4 Å². The molecule has 0 saturated carbocycles. The van der Waals surface area contributed by atoms with E-state index in [1.807, 2.05) is 18.7 Å². The molecule has 0 atom stereocenters. The van der Waals surface area contributed by atoms with Gasteiger partial charge in [-0.3, -0.25) is 15.2 Å². The van der Waals surface area contributed by atoms with Crippen molar-refractivity contribution in [2.45, 2.75) is 53.9 Å². The number of aromatic amines is 1. The first-order valence-electron chi connectivity index (χ1n) is 11.9. The summed E-state index contributed by atoms with van der Waals surface area (Å²) in [5, 5.41) is 19.1. The summed E-state index contributed by atoms with van der Waals surface area (Å²) in [5.74, 6) is -2.28. The number of hydrogen-bond acceptors (Lipinski definition) is 8. The Morgan fingerprint density at radius 1 is 1.03 bits per heavy atom. The molecule has 0 aliphatic carbocycles. The maximum atomic E-state index is 13.3. The lowest BCUT2D eigenvalue weighted by Crippen LogP contribution is -2.36. The Kier molecular flexibility index (Phi) is 8.29. The Labute approximate surface area is 210 Å². The highest BCUT2D eigenvalue weighted by molar-refractivity contribution is 6.00. The lowest BCUT2D eigenvalue weighted by Gasteiger charge is -2.37. The number of hydrogen-bond donors (Lipinski definition) is 1. The number of H-pyrrole nitrogens is 1. The van der Waals surface area contributed by atoms with Crippen molar-refractivity contribution in [3.05, 3.63) is 79.4 Å². The summed E-state index contributed by atoms with van der Waals surface area (Å²) in [6, 6.07) is 6.13. The molecule has 36 heavy (non-hydrogen) atoms. The second-order valence-electron chi connectivity index (χ2n) is 8.50. The third kappa shape index (κ3) is 5.02. The van der Waals surface area contributed by atoms with Crippen LogP contribution in [-0.4, -0.2) is 51.7 Å². The number of ether oxygens (including phenoxy) is 2. The number of aromatic nitrogens is 2. The number of nitrogens with zero attached hydrogens (tertiary/aromatic N) is 3. The van der Waals surface area contributed by atoms with Crippen LogP contribution in [0.15, 0.2) is 46.8 Å². The summed E-state index contributed by atoms with van der Waals surface area (Å²) in [5.41, 5.74) is 4.41. The van der Waals surface area contributed by atoms with Crippen molar-refractivity contribution in [2.24, 2.45) is 0 Å². The van der Waals surface area contributed by atoms with Gasteiger partial charge in [-0.2, -0.15) is 5.10 Å². The number of nitro groups is 1. The molecular formula is C26H32N4O6. The van der Waals surface area contributed by atoms with Gasteiger partial charge in [-0.25, -0.2) is 9.59 Å². The lowest BCUT2D eigenvalue weighted by atomic mass is 9.79. The van der Waals surface area contributed by atoms with Crippen LogP contribution in [0.1, 0.15) is 56.1 Å². The first-order valence-corrected chi connectivity index (χ1v) is 11.9. The number of esters is 2. The Hall–Kier alpha value is -3.95. The van der Waals surface area contributed by atoms with Gasteiger partial charge in [0, 0.05) is 35.3 Å². The van der Waals surface area contributed by atoms with E-state index in [4.69, 9.17) is 9.47 Å². The summed E-state index contributed by atoms with van der Waals surface area (Å²) >= 11 is 0. The van der Waals surface area contributed by atoms with Crippen molar-refractivity contribution in [1.29, 1.82) is 0 Å². The van der Waals surface area contributed by atoms with Gasteiger partial charge in [-0.05, 0) is 53.5 Å². The topological polar surface area (TPSA) is 128 Å². The SMILES string of the molecule is CCOC(=O)C1=C(C)N(CCc2c(C)n[nH]c2C)C(C)=C(C(=O)OCC)C1c1ccccc1[N+](=O)[O-]. The van der Waals surface area contributed by atoms with Gasteiger partial charge in [0.15, 0.2) is 0 Å². The predicted molar refractivity (Wildman–Crippen MR) is 133 cm³/mol. The molecule has 192 valence electrons. The molecule has 0 radical (unpaired) electrons. The molecule has 0 amide bonds. The molecule has 3 rings (SSSR count). The molecule has 1 aromatic carbocycles. The summed E-state index contributed by atoms with van der Waals surface area (Å²) in [6.07, 6.45) is 0.602. The number of allylic oxidation sites excluding steroid dienone is 2. The molecule has 2 aromatic rings. The van der Waals surface area contributed by atoms with E-state index in [1.165, 1.54) is 6.07 Å². The van der Waals surface area contributed by atoms with Gasteiger partial charge >= 0.3 is 11.9 Å². The van der Waals surface area contributed by atoms with Crippen LogP contribution in [0.5, 0.6) is 0 Å². The standard InChI is InChI=1S/C26H32N4O6/c1-7-35-25(31)22-17(5)29(14-13-19-15(3)27-28-16(19)4)18(6)23(26(32)36-8-2)24(22)20-11-9-10-12-21(20)30(33)34/h9-12,24H,7-8,13-14H2,1-6H3,(H,27,28). The zero-order valence-electron chi connectivity index (χ0n) is 21.5. The van der Waals surface area contributed by atoms with Gasteiger partial charge in [-0.15, -0.1) is 0 Å². The summed E-state index contributed by atoms with van der Waals surface area (Å²) in [6.45, 7) is 11.5. The second-order valence-corrected chi connectivity index (χ2v) is 8.50. The number of nitro benzene ring substituents is 1. The zero-order chi connectivity index (χ0) is 26.6. The number of carbonyl (C=O) groups excluding carboxylic acids is 2. The molecule has 0 unspecified atom stereocenters. The molecule has 0 saturated heterocycles. The van der Waals surface area contributed by atoms with E-state index < -0.39 is 22.8 Å². The minimum absolute atomic E-state index is 0.115. The Morgan fingerprint density at radius 3 is 2.06 bits per heavy atom. The highest BCUT2D eigenvalue weighted by atomic mass is 16.6. The van der Waals surface area contributed by atoms with Crippen molar-refractivity contribution < 1.29 is 24.0 Å². The molecule has 10 heteroatoms. The average Bonchev–Trinajstić information content (AvgIpc) is 3.15. The van der Waals surface area contributed by atoms with Crippen LogP contribution >= 0.6 is 0 Å². The van der Waals surface area contributed by atoms with Gasteiger partial charge in [0.1, 0.15) is 0 Å². The fourth-order valence-corrected chi connectivity index (χ4v) is 4.76. The summed E-state index contributed by atoms with van der Waals surface area (Å²) < 4.78 is 10.8. The Balaban J connectivity index is 2.24. The maximum Gasteiger partial charge on any atom is 0.336 e. The molecule has 1 aromatic heterocycles. The van der Waals surface area contributed by atoms with E-state index in [9.17, 15) is 19.7 Å². The highest BCUT2D eigenvalue weighted by Gasteiger charge is 2.43. The fourth-order valence-electron chi connectivity index (χ4n) is 4.76. The fraction of sp³-hybridized carbons (Fsp3) is 0.423. The third-order valence-corrected chi connectivity index (χ3v) is 6.47. The molecule has 1 aliphatic heterocycles. The van der Waals surface area contributed by atoms with Gasteiger partial charge in [-0.1, -0.05) is 18.2 Å². The first kappa shape index (κ1) is 26.7. The molecule has 2 heterocycles. The number of benzene rings is 1. The van der Waals surface area contributed by atoms with Crippen LogP contribution in [0.2, 0.25) is 0 Å². The minimum atomic E-state index is -1.02. The largest absolute Gasteiger partial charge is 0.463 e. The number of carbonyl (C=O) groups is 2. The van der Waals surface area contributed by atoms with Crippen LogP contribution in [0.4, 0.5) is 5.69 Å². The zero-order valence-corrected chi connectivity index (χ0v) is 21.5. The predicted octanol–water partition coefficient (Wildman–Crippen LogP) is 4.25. The van der Waals surface area contributed by atoms with Crippen molar-refractivity contribution in [2.75, 3.05) is 19.8 Å². The highest BCUT2D eigenvalue weighted by Crippen LogP contribution is 2.45. The first-order chi connectivity index (χ1) is 17.1. The van der Waals surface area contributed by atoms with Crippen LogP contribution in [0, 0.1) is 24.0 Å². The molecule has 0 spiro atoms. The maximum absolute atomic E-state index is 13.3. The summed E-state index contributed by atoms with van der Waals surface area (Å²) in [4.78, 5) is 39.9. The third-order valence-electron chi connectivity index (χ3n) is 6.47. The van der Waals surface area contributed by atoms with Crippen molar-refractivity contribution in [1.82, 2.24) is 15.1 Å². The minimum Gasteiger partial charge on any atom is -0.463 e. The van der Waals surface area contributed by atoms with Gasteiger partial charge < -0.3 is 14.4 Å². The van der Waals surface area contributed by atoms with E-state index in [2.05, 4.69) is 10.2 Å². The molecule has 1 aliphatic rings. The van der Waals surface area contributed by atoms with Crippen molar-refractivity contribution in [3.8, 4) is 0 Å². The van der Waals surface area contributed by atoms with Gasteiger partial charge in [0.25, 0.3) is 5.69 Å². The quantitative estimate of drug-likeness (QED) is 0.310. The summed E-state index contributed by atoms with van der Waals surface area (Å²) in [7, 11) is 0. The monoisotopic (exact) mass is 496 g/mol. The van der Waals surface area contributed by atoms with Crippen LogP contribution in [-0.2, 0) is 25.5 Å². The molecule has 1 N–H and O–H groups in total. The van der Waals surface area contributed by atoms with Gasteiger partial charge in [0.05, 0.1) is 40.9 Å². The van der Waals surface area contributed by atoms with Crippen LogP contribution in [0.25, 0.3) is 0 Å². The van der Waals surface area contributed by atoms with Crippen molar-refractivity contribution >= 4 is 17.6 Å². The lowest BCUT2D eigenvalue weighted by molar-refractivity contribution is -0.385. The van der Waals surface area contributed by atoms with E-state index >= 15 is 0 Å². The number of para-hydroxylation sites is 1. The normalized spacial score (nSPS) is 14.3. The molecule has 0 bridgehead atoms. The average molecular weight is 497 g/mol. The number of nitrogens with one attached hydrogen (secondary N) is 1. The number of rotatable bonds is 9. The second kappa shape index (κ2) is 11.2. The van der Waals surface area contributed by atoms with Crippen LogP contribution in [0.3, 0.4) is 0 Å².